The molecule has 0 amide bonds. The molecule has 2 rings (SSSR count). The number of hydrogen-bond donors (Lipinski definition) is 0. The fraction of sp³-hybridized carbons (Fsp3) is 0.294. The lowest BCUT2D eigenvalue weighted by Gasteiger charge is -2.22. The summed E-state index contributed by atoms with van der Waals surface area (Å²) in [6, 6.07) is 19.3. The molecular formula is C17H20BrN. The van der Waals surface area contributed by atoms with Crippen LogP contribution in [0.25, 0.3) is 0 Å². The van der Waals surface area contributed by atoms with Crippen molar-refractivity contribution in [3.8, 4) is 0 Å². The third kappa shape index (κ3) is 4.48. The SMILES string of the molecule is Cc1ccccc1CN(CCBr)Cc1ccccc1. The minimum absolute atomic E-state index is 1.00. The molecule has 2 aromatic rings. The van der Waals surface area contributed by atoms with Crippen LogP contribution in [0, 0.1) is 6.92 Å². The van der Waals surface area contributed by atoms with Crippen molar-refractivity contribution in [2.24, 2.45) is 0 Å². The van der Waals surface area contributed by atoms with Crippen LogP contribution in [0.2, 0.25) is 0 Å². The molecular weight excluding hydrogens is 298 g/mol. The highest BCUT2D eigenvalue weighted by Crippen LogP contribution is 2.13. The van der Waals surface area contributed by atoms with E-state index in [1.54, 1.807) is 0 Å². The molecule has 0 atom stereocenters. The maximum absolute atomic E-state index is 3.55. The largest absolute Gasteiger partial charge is 0.294 e. The van der Waals surface area contributed by atoms with Crippen molar-refractivity contribution < 1.29 is 0 Å². The Bertz CT molecular complexity index is 496. The maximum atomic E-state index is 3.55. The van der Waals surface area contributed by atoms with Crippen LogP contribution >= 0.6 is 15.9 Å². The van der Waals surface area contributed by atoms with E-state index in [0.29, 0.717) is 0 Å². The minimum atomic E-state index is 1.00. The zero-order valence-electron chi connectivity index (χ0n) is 11.3. The van der Waals surface area contributed by atoms with Crippen molar-refractivity contribution in [3.05, 3.63) is 71.3 Å². The fourth-order valence-corrected chi connectivity index (χ4v) is 2.71. The average Bonchev–Trinajstić information content (AvgIpc) is 2.43. The monoisotopic (exact) mass is 317 g/mol. The van der Waals surface area contributed by atoms with E-state index in [0.717, 1.165) is 25.0 Å². The van der Waals surface area contributed by atoms with Gasteiger partial charge >= 0.3 is 0 Å². The second-order valence-corrected chi connectivity index (χ2v) is 5.60. The number of rotatable bonds is 6. The van der Waals surface area contributed by atoms with Gasteiger partial charge in [-0.2, -0.15) is 0 Å². The molecule has 2 aromatic carbocycles. The fourth-order valence-electron chi connectivity index (χ4n) is 2.20. The average molecular weight is 318 g/mol. The molecule has 0 saturated heterocycles. The van der Waals surface area contributed by atoms with Crippen molar-refractivity contribution in [2.75, 3.05) is 11.9 Å². The molecule has 2 heteroatoms. The van der Waals surface area contributed by atoms with E-state index in [-0.39, 0.29) is 0 Å². The molecule has 19 heavy (non-hydrogen) atoms. The van der Waals surface area contributed by atoms with Crippen LogP contribution in [-0.4, -0.2) is 16.8 Å². The van der Waals surface area contributed by atoms with Gasteiger partial charge in [-0.05, 0) is 23.6 Å². The molecule has 1 nitrogen and oxygen atoms in total. The normalized spacial score (nSPS) is 10.9. The molecule has 100 valence electrons. The van der Waals surface area contributed by atoms with Crippen molar-refractivity contribution in [3.63, 3.8) is 0 Å². The molecule has 0 spiro atoms. The van der Waals surface area contributed by atoms with Gasteiger partial charge in [-0.15, -0.1) is 0 Å². The van der Waals surface area contributed by atoms with Crippen LogP contribution in [0.1, 0.15) is 16.7 Å². The maximum Gasteiger partial charge on any atom is 0.0240 e. The number of benzene rings is 2. The summed E-state index contributed by atoms with van der Waals surface area (Å²) in [6.45, 7) is 5.25. The third-order valence-corrected chi connectivity index (χ3v) is 3.66. The van der Waals surface area contributed by atoms with Gasteiger partial charge in [0.15, 0.2) is 0 Å². The Morgan fingerprint density at radius 3 is 2.26 bits per heavy atom. The molecule has 0 aliphatic rings. The van der Waals surface area contributed by atoms with E-state index in [9.17, 15) is 0 Å². The number of hydrogen-bond acceptors (Lipinski definition) is 1. The molecule has 0 N–H and O–H groups in total. The third-order valence-electron chi connectivity index (χ3n) is 3.30. The van der Waals surface area contributed by atoms with E-state index >= 15 is 0 Å². The lowest BCUT2D eigenvalue weighted by molar-refractivity contribution is 0.274. The van der Waals surface area contributed by atoms with Crippen LogP contribution < -0.4 is 0 Å². The van der Waals surface area contributed by atoms with Crippen molar-refractivity contribution in [1.82, 2.24) is 4.90 Å². The zero-order chi connectivity index (χ0) is 13.5. The zero-order valence-corrected chi connectivity index (χ0v) is 12.9. The molecule has 0 aliphatic carbocycles. The second-order valence-electron chi connectivity index (χ2n) is 4.81. The summed E-state index contributed by atoms with van der Waals surface area (Å²) in [7, 11) is 0. The molecule has 0 radical (unpaired) electrons. The van der Waals surface area contributed by atoms with Gasteiger partial charge in [0, 0.05) is 25.0 Å². The van der Waals surface area contributed by atoms with Crippen LogP contribution in [0.3, 0.4) is 0 Å². The molecule has 0 aromatic heterocycles. The first kappa shape index (κ1) is 14.3. The van der Waals surface area contributed by atoms with Crippen LogP contribution in [0.15, 0.2) is 54.6 Å². The molecule has 0 aliphatic heterocycles. The van der Waals surface area contributed by atoms with E-state index in [1.165, 1.54) is 16.7 Å². The summed E-state index contributed by atoms with van der Waals surface area (Å²) < 4.78 is 0. The van der Waals surface area contributed by atoms with Crippen LogP contribution in [-0.2, 0) is 13.1 Å². The number of aryl methyl sites for hydroxylation is 1. The summed E-state index contributed by atoms with van der Waals surface area (Å²) >= 11 is 3.55. The predicted molar refractivity (Wildman–Crippen MR) is 85.5 cm³/mol. The smallest absolute Gasteiger partial charge is 0.0240 e. The molecule has 0 heterocycles. The van der Waals surface area contributed by atoms with Gasteiger partial charge in [0.2, 0.25) is 0 Å². The van der Waals surface area contributed by atoms with Gasteiger partial charge in [-0.25, -0.2) is 0 Å². The lowest BCUT2D eigenvalue weighted by atomic mass is 10.1. The standard InChI is InChI=1S/C17H20BrN/c1-15-7-5-6-10-17(15)14-19(12-11-18)13-16-8-3-2-4-9-16/h2-10H,11-14H2,1H3. The minimum Gasteiger partial charge on any atom is -0.294 e. The Morgan fingerprint density at radius 2 is 1.58 bits per heavy atom. The molecule has 0 fully saturated rings. The summed E-state index contributed by atoms with van der Waals surface area (Å²) in [6.07, 6.45) is 0. The molecule has 0 unspecified atom stereocenters. The quantitative estimate of drug-likeness (QED) is 0.714. The van der Waals surface area contributed by atoms with Gasteiger partial charge in [0.1, 0.15) is 0 Å². The highest BCUT2D eigenvalue weighted by Gasteiger charge is 2.07. The highest BCUT2D eigenvalue weighted by molar-refractivity contribution is 9.09. The Balaban J connectivity index is 2.06. The summed E-state index contributed by atoms with van der Waals surface area (Å²) in [5.74, 6) is 0. The summed E-state index contributed by atoms with van der Waals surface area (Å²) in [5.41, 5.74) is 4.16. The number of halogens is 1. The van der Waals surface area contributed by atoms with Crippen LogP contribution in [0.5, 0.6) is 0 Å². The van der Waals surface area contributed by atoms with Crippen LogP contribution in [0.4, 0.5) is 0 Å². The Kier molecular flexibility index (Phi) is 5.62. The number of nitrogens with zero attached hydrogens (tertiary/aromatic N) is 1. The molecule has 0 saturated carbocycles. The Morgan fingerprint density at radius 1 is 0.895 bits per heavy atom. The van der Waals surface area contributed by atoms with Gasteiger partial charge < -0.3 is 0 Å². The lowest BCUT2D eigenvalue weighted by Crippen LogP contribution is -2.25. The van der Waals surface area contributed by atoms with Gasteiger partial charge in [0.25, 0.3) is 0 Å². The van der Waals surface area contributed by atoms with E-state index in [1.807, 2.05) is 0 Å². The van der Waals surface area contributed by atoms with Crippen molar-refractivity contribution >= 4 is 15.9 Å². The van der Waals surface area contributed by atoms with Crippen molar-refractivity contribution in [2.45, 2.75) is 20.0 Å². The van der Waals surface area contributed by atoms with Gasteiger partial charge in [-0.3, -0.25) is 4.90 Å². The Hall–Kier alpha value is -1.12. The summed E-state index contributed by atoms with van der Waals surface area (Å²) in [4.78, 5) is 2.48. The van der Waals surface area contributed by atoms with Crippen molar-refractivity contribution in [1.29, 1.82) is 0 Å². The highest BCUT2D eigenvalue weighted by atomic mass is 79.9. The first-order valence-electron chi connectivity index (χ1n) is 6.66. The topological polar surface area (TPSA) is 3.24 Å². The number of alkyl halides is 1. The first-order chi connectivity index (χ1) is 9.29. The van der Waals surface area contributed by atoms with E-state index in [4.69, 9.17) is 0 Å². The van der Waals surface area contributed by atoms with E-state index < -0.39 is 0 Å². The van der Waals surface area contributed by atoms with Gasteiger partial charge in [-0.1, -0.05) is 70.5 Å². The Labute approximate surface area is 124 Å². The first-order valence-corrected chi connectivity index (χ1v) is 7.78. The summed E-state index contributed by atoms with van der Waals surface area (Å²) in [5, 5.41) is 1.01. The molecule has 0 bridgehead atoms. The predicted octanol–water partition coefficient (Wildman–Crippen LogP) is 4.39. The van der Waals surface area contributed by atoms with E-state index in [2.05, 4.69) is 82.4 Å². The second kappa shape index (κ2) is 7.46. The van der Waals surface area contributed by atoms with Gasteiger partial charge in [0.05, 0.1) is 0 Å².